The Labute approximate surface area is 118 Å². The van der Waals surface area contributed by atoms with E-state index < -0.39 is 12.0 Å². The van der Waals surface area contributed by atoms with Gasteiger partial charge in [-0.1, -0.05) is 20.8 Å². The van der Waals surface area contributed by atoms with Gasteiger partial charge in [-0.25, -0.2) is 9.59 Å². The lowest BCUT2D eigenvalue weighted by atomic mass is 10.1. The Morgan fingerprint density at radius 3 is 2.58 bits per heavy atom. The molecule has 2 amide bonds. The summed E-state index contributed by atoms with van der Waals surface area (Å²) in [5.41, 5.74) is 0. The molecule has 0 aromatic rings. The first-order valence-corrected chi connectivity index (χ1v) is 7.90. The third kappa shape index (κ3) is 5.30. The number of carboxylic acid groups (broad SMARTS) is 1. The first-order chi connectivity index (χ1) is 8.93. The van der Waals surface area contributed by atoms with Crippen molar-refractivity contribution in [3.8, 4) is 0 Å². The first-order valence-electron chi connectivity index (χ1n) is 6.85. The Bertz CT molecular complexity index is 323. The molecule has 0 aromatic carbocycles. The van der Waals surface area contributed by atoms with Crippen LogP contribution in [0.1, 0.15) is 40.0 Å². The maximum Gasteiger partial charge on any atom is 0.326 e. The zero-order chi connectivity index (χ0) is 14.4. The van der Waals surface area contributed by atoms with Crippen LogP contribution >= 0.6 is 11.8 Å². The summed E-state index contributed by atoms with van der Waals surface area (Å²) in [7, 11) is 0. The van der Waals surface area contributed by atoms with Gasteiger partial charge < -0.3 is 15.7 Å². The quantitative estimate of drug-likeness (QED) is 0.699. The molecule has 5 nitrogen and oxygen atoms in total. The molecule has 1 fully saturated rings. The van der Waals surface area contributed by atoms with Crippen molar-refractivity contribution >= 4 is 23.8 Å². The summed E-state index contributed by atoms with van der Waals surface area (Å²) in [4.78, 5) is 22.8. The molecule has 1 aliphatic rings. The van der Waals surface area contributed by atoms with Gasteiger partial charge in [0.05, 0.1) is 0 Å². The van der Waals surface area contributed by atoms with Crippen LogP contribution in [0.4, 0.5) is 4.79 Å². The van der Waals surface area contributed by atoms with Gasteiger partial charge >= 0.3 is 12.0 Å². The van der Waals surface area contributed by atoms with Crippen molar-refractivity contribution in [2.75, 3.05) is 5.75 Å². The summed E-state index contributed by atoms with van der Waals surface area (Å²) in [6, 6.07) is -1.03. The maximum absolute atomic E-state index is 11.8. The zero-order valence-electron chi connectivity index (χ0n) is 11.8. The van der Waals surface area contributed by atoms with Crippen molar-refractivity contribution in [3.05, 3.63) is 0 Å². The fraction of sp³-hybridized carbons (Fsp3) is 0.846. The van der Waals surface area contributed by atoms with E-state index in [1.807, 2.05) is 11.8 Å². The number of urea groups is 1. The van der Waals surface area contributed by atoms with Crippen molar-refractivity contribution in [3.63, 3.8) is 0 Å². The van der Waals surface area contributed by atoms with Crippen LogP contribution in [0.5, 0.6) is 0 Å². The number of hydrogen-bond donors (Lipinski definition) is 3. The fourth-order valence-corrected chi connectivity index (χ4v) is 3.48. The minimum Gasteiger partial charge on any atom is -0.480 e. The molecule has 19 heavy (non-hydrogen) atoms. The Balaban J connectivity index is 2.37. The number of hydrogen-bond acceptors (Lipinski definition) is 3. The fourth-order valence-electron chi connectivity index (χ4n) is 2.34. The van der Waals surface area contributed by atoms with Gasteiger partial charge in [-0.2, -0.15) is 11.8 Å². The van der Waals surface area contributed by atoms with E-state index in [1.54, 1.807) is 13.8 Å². The van der Waals surface area contributed by atoms with Gasteiger partial charge in [0.15, 0.2) is 0 Å². The van der Waals surface area contributed by atoms with Crippen LogP contribution in [0.25, 0.3) is 0 Å². The highest BCUT2D eigenvalue weighted by Gasteiger charge is 2.28. The number of nitrogens with one attached hydrogen (secondary N) is 2. The summed E-state index contributed by atoms with van der Waals surface area (Å²) in [6.45, 7) is 5.70. The summed E-state index contributed by atoms with van der Waals surface area (Å²) in [5, 5.41) is 15.1. The van der Waals surface area contributed by atoms with Gasteiger partial charge in [0.1, 0.15) is 6.04 Å². The molecule has 0 saturated heterocycles. The van der Waals surface area contributed by atoms with Gasteiger partial charge in [0, 0.05) is 11.3 Å². The lowest BCUT2D eigenvalue weighted by Crippen LogP contribution is -2.50. The highest BCUT2D eigenvalue weighted by molar-refractivity contribution is 7.99. The zero-order valence-corrected chi connectivity index (χ0v) is 12.6. The molecule has 1 rings (SSSR count). The predicted molar refractivity (Wildman–Crippen MR) is 77.5 cm³/mol. The normalized spacial score (nSPS) is 24.2. The van der Waals surface area contributed by atoms with Gasteiger partial charge in [-0.15, -0.1) is 0 Å². The lowest BCUT2D eigenvalue weighted by molar-refractivity contribution is -0.140. The van der Waals surface area contributed by atoms with E-state index in [1.165, 1.54) is 0 Å². The van der Waals surface area contributed by atoms with Crippen molar-refractivity contribution in [1.29, 1.82) is 0 Å². The molecule has 110 valence electrons. The second-order valence-corrected chi connectivity index (χ2v) is 6.84. The molecule has 2 unspecified atom stereocenters. The van der Waals surface area contributed by atoms with Gasteiger partial charge in [0.2, 0.25) is 0 Å². The Morgan fingerprint density at radius 1 is 1.37 bits per heavy atom. The molecule has 3 atom stereocenters. The third-order valence-electron chi connectivity index (χ3n) is 3.34. The molecular formula is C13H24N2O3S. The number of carbonyl (C=O) groups excluding carboxylic acids is 1. The molecule has 0 spiro atoms. The number of amides is 2. The monoisotopic (exact) mass is 288 g/mol. The van der Waals surface area contributed by atoms with E-state index in [4.69, 9.17) is 5.11 Å². The van der Waals surface area contributed by atoms with E-state index in [2.05, 4.69) is 17.6 Å². The van der Waals surface area contributed by atoms with Crippen LogP contribution in [-0.2, 0) is 4.79 Å². The third-order valence-corrected chi connectivity index (χ3v) is 4.57. The van der Waals surface area contributed by atoms with Crippen molar-refractivity contribution in [2.45, 2.75) is 57.4 Å². The van der Waals surface area contributed by atoms with Crippen molar-refractivity contribution in [2.24, 2.45) is 5.92 Å². The van der Waals surface area contributed by atoms with Gasteiger partial charge in [-0.3, -0.25) is 0 Å². The average molecular weight is 288 g/mol. The summed E-state index contributed by atoms with van der Waals surface area (Å²) < 4.78 is 0. The maximum atomic E-state index is 11.8. The van der Waals surface area contributed by atoms with Crippen LogP contribution in [-0.4, -0.2) is 40.2 Å². The van der Waals surface area contributed by atoms with Crippen molar-refractivity contribution in [1.82, 2.24) is 10.6 Å². The Morgan fingerprint density at radius 2 is 2.05 bits per heavy atom. The molecule has 1 saturated carbocycles. The Hall–Kier alpha value is -0.910. The minimum atomic E-state index is -0.990. The van der Waals surface area contributed by atoms with Gasteiger partial charge in [-0.05, 0) is 30.9 Å². The molecule has 1 aliphatic carbocycles. The minimum absolute atomic E-state index is 0.129. The number of rotatable bonds is 6. The second kappa shape index (κ2) is 7.62. The van der Waals surface area contributed by atoms with Crippen LogP contribution in [0.15, 0.2) is 0 Å². The summed E-state index contributed by atoms with van der Waals surface area (Å²) in [5.74, 6) is -0.0240. The molecule has 0 aromatic heterocycles. The topological polar surface area (TPSA) is 78.4 Å². The van der Waals surface area contributed by atoms with Gasteiger partial charge in [0.25, 0.3) is 0 Å². The Kier molecular flexibility index (Phi) is 6.48. The largest absolute Gasteiger partial charge is 0.480 e. The number of carbonyl (C=O) groups is 2. The number of thioether (sulfide) groups is 1. The van der Waals surface area contributed by atoms with Crippen LogP contribution < -0.4 is 10.6 Å². The summed E-state index contributed by atoms with van der Waals surface area (Å²) >= 11 is 1.93. The molecule has 6 heteroatoms. The number of carboxylic acids is 1. The molecule has 0 bridgehead atoms. The molecule has 0 aliphatic heterocycles. The summed E-state index contributed by atoms with van der Waals surface area (Å²) in [6.07, 6.45) is 3.08. The lowest BCUT2D eigenvalue weighted by Gasteiger charge is -2.20. The SMILES string of the molecule is CCSC1CCC(NC(=O)N[C@H](C(=O)O)C(C)C)C1. The van der Waals surface area contributed by atoms with E-state index in [0.29, 0.717) is 5.25 Å². The first kappa shape index (κ1) is 16.1. The molecule has 0 radical (unpaired) electrons. The van der Waals surface area contributed by atoms with E-state index >= 15 is 0 Å². The second-order valence-electron chi connectivity index (χ2n) is 5.27. The van der Waals surface area contributed by atoms with Crippen LogP contribution in [0, 0.1) is 5.92 Å². The van der Waals surface area contributed by atoms with Crippen molar-refractivity contribution < 1.29 is 14.7 Å². The van der Waals surface area contributed by atoms with E-state index in [0.717, 1.165) is 25.0 Å². The van der Waals surface area contributed by atoms with E-state index in [9.17, 15) is 9.59 Å². The molecular weight excluding hydrogens is 264 g/mol. The highest BCUT2D eigenvalue weighted by Crippen LogP contribution is 2.29. The predicted octanol–water partition coefficient (Wildman–Crippen LogP) is 2.07. The smallest absolute Gasteiger partial charge is 0.326 e. The highest BCUT2D eigenvalue weighted by atomic mass is 32.2. The standard InChI is InChI=1S/C13H24N2O3S/c1-4-19-10-6-5-9(7-10)14-13(18)15-11(8(2)3)12(16)17/h8-11H,4-7H2,1-3H3,(H,16,17)(H2,14,15,18)/t9?,10?,11-/m0/s1. The van der Waals surface area contributed by atoms with Crippen LogP contribution in [0.3, 0.4) is 0 Å². The number of aliphatic carboxylic acids is 1. The van der Waals surface area contributed by atoms with Crippen LogP contribution in [0.2, 0.25) is 0 Å². The average Bonchev–Trinajstić information content (AvgIpc) is 2.73. The molecule has 0 heterocycles. The van der Waals surface area contributed by atoms with E-state index in [-0.39, 0.29) is 18.0 Å². The molecule has 3 N–H and O–H groups in total.